The summed E-state index contributed by atoms with van der Waals surface area (Å²) < 4.78 is 38.2. The van der Waals surface area contributed by atoms with Crippen LogP contribution in [0.15, 0.2) is 24.3 Å². The van der Waals surface area contributed by atoms with Crippen molar-refractivity contribution < 1.29 is 18.0 Å². The molecule has 3 nitrogen and oxygen atoms in total. The first kappa shape index (κ1) is 15.8. The third-order valence-electron chi connectivity index (χ3n) is 3.83. The lowest BCUT2D eigenvalue weighted by Gasteiger charge is -2.29. The fraction of sp³-hybridized carbons (Fsp3) is 0.533. The van der Waals surface area contributed by atoms with Crippen LogP contribution >= 0.6 is 0 Å². The summed E-state index contributed by atoms with van der Waals surface area (Å²) in [6, 6.07) is 4.68. The summed E-state index contributed by atoms with van der Waals surface area (Å²) in [6.45, 7) is 0.681. The first-order valence-electron chi connectivity index (χ1n) is 7.12. The molecule has 1 aliphatic carbocycles. The van der Waals surface area contributed by atoms with Gasteiger partial charge in [-0.1, -0.05) is 18.9 Å². The van der Waals surface area contributed by atoms with Crippen molar-refractivity contribution in [3.05, 3.63) is 35.4 Å². The third kappa shape index (κ3) is 3.75. The lowest BCUT2D eigenvalue weighted by molar-refractivity contribution is -0.137. The van der Waals surface area contributed by atoms with Crippen molar-refractivity contribution >= 4 is 5.91 Å². The minimum atomic E-state index is -4.44. The van der Waals surface area contributed by atoms with Crippen LogP contribution in [-0.2, 0) is 6.18 Å². The Kier molecular flexibility index (Phi) is 4.88. The molecule has 1 fully saturated rings. The van der Waals surface area contributed by atoms with Crippen LogP contribution in [0.1, 0.15) is 41.6 Å². The average Bonchev–Trinajstić information content (AvgIpc) is 2.97. The van der Waals surface area contributed by atoms with Gasteiger partial charge in [0, 0.05) is 24.7 Å². The Balaban J connectivity index is 2.24. The van der Waals surface area contributed by atoms with Gasteiger partial charge in [0.05, 0.1) is 5.56 Å². The van der Waals surface area contributed by atoms with Gasteiger partial charge < -0.3 is 10.6 Å². The van der Waals surface area contributed by atoms with Crippen molar-refractivity contribution in [3.8, 4) is 0 Å². The quantitative estimate of drug-likeness (QED) is 0.929. The molecule has 6 heteroatoms. The van der Waals surface area contributed by atoms with Gasteiger partial charge >= 0.3 is 6.18 Å². The average molecular weight is 300 g/mol. The van der Waals surface area contributed by atoms with Crippen molar-refractivity contribution in [2.24, 2.45) is 5.73 Å². The molecule has 1 aliphatic rings. The van der Waals surface area contributed by atoms with Crippen molar-refractivity contribution in [1.82, 2.24) is 4.90 Å². The van der Waals surface area contributed by atoms with Crippen molar-refractivity contribution in [1.29, 1.82) is 0 Å². The summed E-state index contributed by atoms with van der Waals surface area (Å²) in [5.41, 5.74) is 4.81. The van der Waals surface area contributed by atoms with E-state index in [1.54, 1.807) is 4.90 Å². The van der Waals surface area contributed by atoms with Gasteiger partial charge in [0.25, 0.3) is 5.91 Å². The fourth-order valence-corrected chi connectivity index (χ4v) is 2.80. The zero-order valence-corrected chi connectivity index (χ0v) is 11.7. The number of benzene rings is 1. The van der Waals surface area contributed by atoms with Crippen molar-refractivity contribution in [2.45, 2.75) is 37.9 Å². The molecule has 1 saturated carbocycles. The Morgan fingerprint density at radius 2 is 1.95 bits per heavy atom. The SMILES string of the molecule is NCCN(C(=O)c1cccc(C(F)(F)F)c1)C1CCCC1. The second kappa shape index (κ2) is 6.47. The van der Waals surface area contributed by atoms with E-state index in [0.717, 1.165) is 37.8 Å². The van der Waals surface area contributed by atoms with E-state index in [4.69, 9.17) is 5.73 Å². The summed E-state index contributed by atoms with van der Waals surface area (Å²) in [7, 11) is 0. The molecule has 21 heavy (non-hydrogen) atoms. The number of halogens is 3. The van der Waals surface area contributed by atoms with Gasteiger partial charge in [0.15, 0.2) is 0 Å². The van der Waals surface area contributed by atoms with E-state index in [1.165, 1.54) is 12.1 Å². The number of hydrogen-bond donors (Lipinski definition) is 1. The van der Waals surface area contributed by atoms with Crippen LogP contribution in [0.25, 0.3) is 0 Å². The Hall–Kier alpha value is -1.56. The summed E-state index contributed by atoms with van der Waals surface area (Å²) in [6.07, 6.45) is -0.568. The maximum atomic E-state index is 12.7. The number of hydrogen-bond acceptors (Lipinski definition) is 2. The largest absolute Gasteiger partial charge is 0.416 e. The maximum Gasteiger partial charge on any atom is 0.416 e. The number of alkyl halides is 3. The van der Waals surface area contributed by atoms with Gasteiger partial charge in [-0.15, -0.1) is 0 Å². The molecular formula is C15H19F3N2O. The summed E-state index contributed by atoms with van der Waals surface area (Å²) >= 11 is 0. The van der Waals surface area contributed by atoms with Gasteiger partial charge in [0.1, 0.15) is 0 Å². The highest BCUT2D eigenvalue weighted by molar-refractivity contribution is 5.94. The molecule has 0 spiro atoms. The molecule has 1 amide bonds. The first-order chi connectivity index (χ1) is 9.93. The van der Waals surface area contributed by atoms with Crippen LogP contribution in [0.3, 0.4) is 0 Å². The molecule has 1 aromatic rings. The zero-order valence-electron chi connectivity index (χ0n) is 11.7. The van der Waals surface area contributed by atoms with Gasteiger partial charge in [-0.05, 0) is 31.0 Å². The number of carbonyl (C=O) groups is 1. The van der Waals surface area contributed by atoms with E-state index in [-0.39, 0.29) is 17.5 Å². The summed E-state index contributed by atoms with van der Waals surface area (Å²) in [4.78, 5) is 14.1. The Morgan fingerprint density at radius 1 is 1.29 bits per heavy atom. The number of nitrogens with zero attached hydrogens (tertiary/aromatic N) is 1. The molecule has 2 N–H and O–H groups in total. The lowest BCUT2D eigenvalue weighted by atomic mass is 10.1. The van der Waals surface area contributed by atoms with Crippen LogP contribution in [0.2, 0.25) is 0 Å². The molecule has 0 aromatic heterocycles. The van der Waals surface area contributed by atoms with Crippen LogP contribution in [0, 0.1) is 0 Å². The van der Waals surface area contributed by atoms with Crippen LogP contribution in [0.4, 0.5) is 13.2 Å². The standard InChI is InChI=1S/C15H19F3N2O/c16-15(17,18)12-5-3-4-11(10-12)14(21)20(9-8-19)13-6-1-2-7-13/h3-5,10,13H,1-2,6-9,19H2. The molecule has 0 saturated heterocycles. The Morgan fingerprint density at radius 3 is 2.52 bits per heavy atom. The molecule has 0 heterocycles. The van der Waals surface area contributed by atoms with E-state index < -0.39 is 11.7 Å². The number of nitrogens with two attached hydrogens (primary N) is 1. The maximum absolute atomic E-state index is 12.7. The summed E-state index contributed by atoms with van der Waals surface area (Å²) in [5, 5.41) is 0. The van der Waals surface area contributed by atoms with Gasteiger partial charge in [-0.25, -0.2) is 0 Å². The number of rotatable bonds is 4. The van der Waals surface area contributed by atoms with E-state index in [2.05, 4.69) is 0 Å². The Labute approximate surface area is 121 Å². The highest BCUT2D eigenvalue weighted by Gasteiger charge is 2.32. The number of amides is 1. The van der Waals surface area contributed by atoms with E-state index in [9.17, 15) is 18.0 Å². The smallest absolute Gasteiger partial charge is 0.334 e. The minimum Gasteiger partial charge on any atom is -0.334 e. The molecule has 0 aliphatic heterocycles. The first-order valence-corrected chi connectivity index (χ1v) is 7.12. The molecule has 0 unspecified atom stereocenters. The topological polar surface area (TPSA) is 46.3 Å². The Bertz CT molecular complexity index is 496. The predicted octanol–water partition coefficient (Wildman–Crippen LogP) is 3.05. The zero-order chi connectivity index (χ0) is 15.5. The van der Waals surface area contributed by atoms with Crippen LogP contribution in [-0.4, -0.2) is 29.9 Å². The monoisotopic (exact) mass is 300 g/mol. The highest BCUT2D eigenvalue weighted by Crippen LogP contribution is 2.30. The minimum absolute atomic E-state index is 0.0742. The van der Waals surface area contributed by atoms with Gasteiger partial charge in [0.2, 0.25) is 0 Å². The number of carbonyl (C=O) groups excluding carboxylic acids is 1. The van der Waals surface area contributed by atoms with Crippen molar-refractivity contribution in [2.75, 3.05) is 13.1 Å². The molecule has 116 valence electrons. The second-order valence-electron chi connectivity index (χ2n) is 5.30. The second-order valence-corrected chi connectivity index (χ2v) is 5.30. The summed E-state index contributed by atoms with van der Waals surface area (Å²) in [5.74, 6) is -0.363. The van der Waals surface area contributed by atoms with Crippen LogP contribution < -0.4 is 5.73 Å². The molecule has 0 atom stereocenters. The van der Waals surface area contributed by atoms with E-state index in [0.29, 0.717) is 13.1 Å². The highest BCUT2D eigenvalue weighted by atomic mass is 19.4. The molecule has 0 bridgehead atoms. The molecule has 2 rings (SSSR count). The van der Waals surface area contributed by atoms with E-state index in [1.807, 2.05) is 0 Å². The third-order valence-corrected chi connectivity index (χ3v) is 3.83. The van der Waals surface area contributed by atoms with Crippen molar-refractivity contribution in [3.63, 3.8) is 0 Å². The van der Waals surface area contributed by atoms with Gasteiger partial charge in [-0.3, -0.25) is 4.79 Å². The normalized spacial score (nSPS) is 16.2. The van der Waals surface area contributed by atoms with Crippen LogP contribution in [0.5, 0.6) is 0 Å². The lowest BCUT2D eigenvalue weighted by Crippen LogP contribution is -2.42. The molecule has 1 aromatic carbocycles. The molecule has 0 radical (unpaired) electrons. The molecular weight excluding hydrogens is 281 g/mol. The fourth-order valence-electron chi connectivity index (χ4n) is 2.80. The predicted molar refractivity (Wildman–Crippen MR) is 73.8 cm³/mol. The van der Waals surface area contributed by atoms with Gasteiger partial charge in [-0.2, -0.15) is 13.2 Å². The van der Waals surface area contributed by atoms with E-state index >= 15 is 0 Å².